The SMILES string of the molecule is CCCN(CCC)c1ccccc1C(C=Cc1ccccc1)=COC. The lowest BCUT2D eigenvalue weighted by Crippen LogP contribution is -2.25. The highest BCUT2D eigenvalue weighted by atomic mass is 16.5. The Balaban J connectivity index is 2.38. The second-order valence-corrected chi connectivity index (χ2v) is 6.06. The number of hydrogen-bond donors (Lipinski definition) is 0. The van der Waals surface area contributed by atoms with Crippen LogP contribution in [-0.2, 0) is 4.74 Å². The van der Waals surface area contributed by atoms with E-state index in [9.17, 15) is 0 Å². The summed E-state index contributed by atoms with van der Waals surface area (Å²) in [6, 6.07) is 18.9. The quantitative estimate of drug-likeness (QED) is 0.411. The monoisotopic (exact) mass is 335 g/mol. The van der Waals surface area contributed by atoms with Gasteiger partial charge in [-0.15, -0.1) is 0 Å². The van der Waals surface area contributed by atoms with Gasteiger partial charge in [-0.25, -0.2) is 0 Å². The minimum atomic E-state index is 1.06. The van der Waals surface area contributed by atoms with Crippen LogP contribution in [0.5, 0.6) is 0 Å². The maximum absolute atomic E-state index is 5.37. The van der Waals surface area contributed by atoms with Gasteiger partial charge in [-0.3, -0.25) is 0 Å². The van der Waals surface area contributed by atoms with Crippen LogP contribution in [0.1, 0.15) is 37.8 Å². The Bertz CT molecular complexity index is 682. The van der Waals surface area contributed by atoms with E-state index in [-0.39, 0.29) is 0 Å². The molecule has 0 unspecified atom stereocenters. The first-order valence-corrected chi connectivity index (χ1v) is 9.10. The van der Waals surface area contributed by atoms with Crippen LogP contribution in [0, 0.1) is 0 Å². The van der Waals surface area contributed by atoms with E-state index in [1.165, 1.54) is 16.8 Å². The van der Waals surface area contributed by atoms with Crippen molar-refractivity contribution >= 4 is 17.3 Å². The molecule has 0 aliphatic rings. The third-order valence-corrected chi connectivity index (χ3v) is 4.04. The number of nitrogens with zero attached hydrogens (tertiary/aromatic N) is 1. The topological polar surface area (TPSA) is 12.5 Å². The van der Waals surface area contributed by atoms with E-state index >= 15 is 0 Å². The molecule has 0 aromatic heterocycles. The Morgan fingerprint density at radius 2 is 1.56 bits per heavy atom. The normalized spacial score (nSPS) is 11.7. The van der Waals surface area contributed by atoms with E-state index in [4.69, 9.17) is 4.74 Å². The number of allylic oxidation sites excluding steroid dienone is 2. The van der Waals surface area contributed by atoms with Crippen molar-refractivity contribution in [2.75, 3.05) is 25.1 Å². The summed E-state index contributed by atoms with van der Waals surface area (Å²) in [6.07, 6.45) is 8.36. The molecular formula is C23H29NO. The van der Waals surface area contributed by atoms with Crippen molar-refractivity contribution < 1.29 is 4.74 Å². The molecule has 0 N–H and O–H groups in total. The third kappa shape index (κ3) is 5.53. The molecule has 0 saturated carbocycles. The van der Waals surface area contributed by atoms with Gasteiger partial charge in [0, 0.05) is 29.9 Å². The van der Waals surface area contributed by atoms with E-state index in [0.717, 1.165) is 31.5 Å². The van der Waals surface area contributed by atoms with Gasteiger partial charge in [-0.1, -0.05) is 74.5 Å². The van der Waals surface area contributed by atoms with Crippen molar-refractivity contribution in [3.63, 3.8) is 0 Å². The highest BCUT2D eigenvalue weighted by Crippen LogP contribution is 2.29. The number of rotatable bonds is 9. The van der Waals surface area contributed by atoms with Gasteiger partial charge in [-0.05, 0) is 24.5 Å². The summed E-state index contributed by atoms with van der Waals surface area (Å²) in [7, 11) is 1.70. The van der Waals surface area contributed by atoms with Crippen molar-refractivity contribution in [2.45, 2.75) is 26.7 Å². The largest absolute Gasteiger partial charge is 0.504 e. The van der Waals surface area contributed by atoms with Crippen molar-refractivity contribution in [2.24, 2.45) is 0 Å². The molecule has 132 valence electrons. The first kappa shape index (κ1) is 18.9. The molecule has 0 heterocycles. The lowest BCUT2D eigenvalue weighted by molar-refractivity contribution is 0.340. The van der Waals surface area contributed by atoms with Crippen LogP contribution in [0.3, 0.4) is 0 Å². The standard InChI is InChI=1S/C23H29NO/c1-4-17-24(18-5-2)23-14-10-9-13-22(23)21(19-25-3)16-15-20-11-7-6-8-12-20/h6-16,19H,4-5,17-18H2,1-3H3. The minimum Gasteiger partial charge on any atom is -0.504 e. The van der Waals surface area contributed by atoms with Crippen LogP contribution in [0.15, 0.2) is 66.9 Å². The van der Waals surface area contributed by atoms with E-state index < -0.39 is 0 Å². The lowest BCUT2D eigenvalue weighted by Gasteiger charge is -2.26. The summed E-state index contributed by atoms with van der Waals surface area (Å²) in [4.78, 5) is 2.47. The van der Waals surface area contributed by atoms with Crippen LogP contribution in [0.2, 0.25) is 0 Å². The van der Waals surface area contributed by atoms with Crippen molar-refractivity contribution in [3.05, 3.63) is 78.1 Å². The predicted octanol–water partition coefficient (Wildman–Crippen LogP) is 6.01. The summed E-state index contributed by atoms with van der Waals surface area (Å²) in [5, 5.41) is 0. The van der Waals surface area contributed by atoms with E-state index in [1.54, 1.807) is 7.11 Å². The number of methoxy groups -OCH3 is 1. The second-order valence-electron chi connectivity index (χ2n) is 6.06. The molecule has 0 atom stereocenters. The average molecular weight is 335 g/mol. The molecule has 25 heavy (non-hydrogen) atoms. The van der Waals surface area contributed by atoms with E-state index in [0.29, 0.717) is 0 Å². The Morgan fingerprint density at radius 3 is 2.20 bits per heavy atom. The van der Waals surface area contributed by atoms with Gasteiger partial charge < -0.3 is 9.64 Å². The van der Waals surface area contributed by atoms with Gasteiger partial charge in [-0.2, -0.15) is 0 Å². The molecule has 2 aromatic rings. The van der Waals surface area contributed by atoms with Crippen LogP contribution in [0.25, 0.3) is 11.6 Å². The molecule has 0 saturated heterocycles. The molecular weight excluding hydrogens is 306 g/mol. The summed E-state index contributed by atoms with van der Waals surface area (Å²) in [5.41, 5.74) is 4.74. The average Bonchev–Trinajstić information content (AvgIpc) is 2.66. The molecule has 2 nitrogen and oxygen atoms in total. The number of ether oxygens (including phenoxy) is 1. The summed E-state index contributed by atoms with van der Waals surface area (Å²) >= 11 is 0. The molecule has 0 bridgehead atoms. The Labute approximate surface area is 152 Å². The molecule has 0 radical (unpaired) electrons. The molecule has 2 rings (SSSR count). The van der Waals surface area contributed by atoms with Gasteiger partial charge in [0.25, 0.3) is 0 Å². The molecule has 0 amide bonds. The highest BCUT2D eigenvalue weighted by molar-refractivity contribution is 5.85. The van der Waals surface area contributed by atoms with Crippen molar-refractivity contribution in [1.29, 1.82) is 0 Å². The first-order valence-electron chi connectivity index (χ1n) is 9.10. The summed E-state index contributed by atoms with van der Waals surface area (Å²) in [6.45, 7) is 6.58. The zero-order valence-corrected chi connectivity index (χ0v) is 15.6. The number of para-hydroxylation sites is 1. The van der Waals surface area contributed by atoms with Crippen LogP contribution in [-0.4, -0.2) is 20.2 Å². The molecule has 2 heteroatoms. The molecule has 0 aliphatic carbocycles. The molecule has 0 fully saturated rings. The fraction of sp³-hybridized carbons (Fsp3) is 0.304. The Hall–Kier alpha value is -2.48. The van der Waals surface area contributed by atoms with E-state index in [1.807, 2.05) is 12.3 Å². The lowest BCUT2D eigenvalue weighted by atomic mass is 10.0. The van der Waals surface area contributed by atoms with Gasteiger partial charge in [0.05, 0.1) is 13.4 Å². The first-order chi connectivity index (χ1) is 12.3. The van der Waals surface area contributed by atoms with Crippen molar-refractivity contribution in [3.8, 4) is 0 Å². The zero-order valence-electron chi connectivity index (χ0n) is 15.6. The van der Waals surface area contributed by atoms with Gasteiger partial charge in [0.15, 0.2) is 0 Å². The second kappa shape index (κ2) is 10.4. The predicted molar refractivity (Wildman–Crippen MR) is 110 cm³/mol. The number of benzene rings is 2. The number of anilines is 1. The van der Waals surface area contributed by atoms with Crippen LogP contribution in [0.4, 0.5) is 5.69 Å². The maximum atomic E-state index is 5.37. The van der Waals surface area contributed by atoms with Gasteiger partial charge in [0.2, 0.25) is 0 Å². The van der Waals surface area contributed by atoms with Gasteiger partial charge >= 0.3 is 0 Å². The fourth-order valence-corrected chi connectivity index (χ4v) is 2.96. The molecule has 0 spiro atoms. The van der Waals surface area contributed by atoms with Crippen LogP contribution < -0.4 is 4.90 Å². The highest BCUT2D eigenvalue weighted by Gasteiger charge is 2.12. The maximum Gasteiger partial charge on any atom is 0.0903 e. The third-order valence-electron chi connectivity index (χ3n) is 4.04. The molecule has 0 aliphatic heterocycles. The Morgan fingerprint density at radius 1 is 0.920 bits per heavy atom. The van der Waals surface area contributed by atoms with Crippen LogP contribution >= 0.6 is 0 Å². The van der Waals surface area contributed by atoms with Crippen molar-refractivity contribution in [1.82, 2.24) is 0 Å². The fourth-order valence-electron chi connectivity index (χ4n) is 2.96. The number of hydrogen-bond acceptors (Lipinski definition) is 2. The smallest absolute Gasteiger partial charge is 0.0903 e. The van der Waals surface area contributed by atoms with E-state index in [2.05, 4.69) is 79.4 Å². The summed E-state index contributed by atoms with van der Waals surface area (Å²) in [5.74, 6) is 0. The van der Waals surface area contributed by atoms with Gasteiger partial charge in [0.1, 0.15) is 0 Å². The Kier molecular flexibility index (Phi) is 7.84. The summed E-state index contributed by atoms with van der Waals surface area (Å²) < 4.78 is 5.37. The minimum absolute atomic E-state index is 1.06. The zero-order chi connectivity index (χ0) is 17.9. The molecule has 2 aromatic carbocycles.